The van der Waals surface area contributed by atoms with Crippen molar-refractivity contribution in [2.45, 2.75) is 64.0 Å². The Bertz CT molecular complexity index is 984. The third kappa shape index (κ3) is 5.43. The molecule has 0 fully saturated rings. The maximum Gasteiger partial charge on any atom is 0.0699 e. The quantitative estimate of drug-likeness (QED) is 0.278. The standard InChI is InChI=1S/C28H33NS/c1-19(2)25-14-9-15-26(20(3)4)27(25)29-17-23-12-8-13-24(16-23)18-30-28-21(5)10-7-11-22(28)6/h7-17,19-20H,18H2,1-6H3. The molecular weight excluding hydrogens is 382 g/mol. The molecule has 0 aliphatic heterocycles. The van der Waals surface area contributed by atoms with Crippen LogP contribution in [-0.4, -0.2) is 6.21 Å². The van der Waals surface area contributed by atoms with E-state index in [2.05, 4.69) is 102 Å². The first-order valence-electron chi connectivity index (χ1n) is 10.8. The van der Waals surface area contributed by atoms with E-state index in [1.807, 2.05) is 18.0 Å². The van der Waals surface area contributed by atoms with Gasteiger partial charge < -0.3 is 0 Å². The van der Waals surface area contributed by atoms with Gasteiger partial charge in [-0.1, -0.05) is 82.3 Å². The fourth-order valence-corrected chi connectivity index (χ4v) is 4.83. The topological polar surface area (TPSA) is 12.4 Å². The second kappa shape index (κ2) is 10.1. The lowest BCUT2D eigenvalue weighted by Crippen LogP contribution is -1.96. The number of rotatable bonds is 7. The summed E-state index contributed by atoms with van der Waals surface area (Å²) in [5.41, 5.74) is 8.96. The van der Waals surface area contributed by atoms with Crippen LogP contribution in [0.2, 0.25) is 0 Å². The van der Waals surface area contributed by atoms with Gasteiger partial charge in [0.25, 0.3) is 0 Å². The van der Waals surface area contributed by atoms with E-state index in [0.29, 0.717) is 11.8 Å². The number of benzene rings is 3. The van der Waals surface area contributed by atoms with E-state index < -0.39 is 0 Å². The summed E-state index contributed by atoms with van der Waals surface area (Å²) in [4.78, 5) is 6.37. The highest BCUT2D eigenvalue weighted by Gasteiger charge is 2.12. The Morgan fingerprint density at radius 2 is 1.37 bits per heavy atom. The number of nitrogens with zero attached hydrogens (tertiary/aromatic N) is 1. The van der Waals surface area contributed by atoms with Gasteiger partial charge in [0.15, 0.2) is 0 Å². The normalized spacial score (nSPS) is 11.7. The lowest BCUT2D eigenvalue weighted by molar-refractivity contribution is 0.835. The number of hydrogen-bond acceptors (Lipinski definition) is 2. The molecule has 30 heavy (non-hydrogen) atoms. The number of aliphatic imine (C=N–C) groups is 1. The smallest absolute Gasteiger partial charge is 0.0699 e. The van der Waals surface area contributed by atoms with Gasteiger partial charge in [0, 0.05) is 16.9 Å². The van der Waals surface area contributed by atoms with Crippen LogP contribution >= 0.6 is 11.8 Å². The second-order valence-corrected chi connectivity index (χ2v) is 9.59. The molecule has 0 atom stereocenters. The van der Waals surface area contributed by atoms with Crippen LogP contribution in [0.15, 0.2) is 70.6 Å². The Balaban J connectivity index is 1.83. The Morgan fingerprint density at radius 1 is 0.800 bits per heavy atom. The van der Waals surface area contributed by atoms with Gasteiger partial charge >= 0.3 is 0 Å². The zero-order valence-corrected chi connectivity index (χ0v) is 19.9. The SMILES string of the molecule is Cc1cccc(C)c1SCc1cccc(C=Nc2c(C(C)C)cccc2C(C)C)c1. The molecule has 3 rings (SSSR count). The van der Waals surface area contributed by atoms with Crippen molar-refractivity contribution in [1.82, 2.24) is 0 Å². The Morgan fingerprint density at radius 3 is 1.97 bits per heavy atom. The van der Waals surface area contributed by atoms with Crippen LogP contribution in [0, 0.1) is 13.8 Å². The molecule has 3 aromatic rings. The summed E-state index contributed by atoms with van der Waals surface area (Å²) in [6.45, 7) is 13.3. The molecule has 0 N–H and O–H groups in total. The molecule has 0 heterocycles. The van der Waals surface area contributed by atoms with Crippen LogP contribution < -0.4 is 0 Å². The predicted molar refractivity (Wildman–Crippen MR) is 134 cm³/mol. The number of para-hydroxylation sites is 1. The van der Waals surface area contributed by atoms with Crippen LogP contribution in [0.5, 0.6) is 0 Å². The molecule has 0 unspecified atom stereocenters. The highest BCUT2D eigenvalue weighted by atomic mass is 32.2. The van der Waals surface area contributed by atoms with Crippen molar-refractivity contribution < 1.29 is 0 Å². The van der Waals surface area contributed by atoms with Crippen molar-refractivity contribution in [2.75, 3.05) is 0 Å². The Kier molecular flexibility index (Phi) is 7.55. The summed E-state index contributed by atoms with van der Waals surface area (Å²) < 4.78 is 0. The molecule has 0 spiro atoms. The molecule has 0 amide bonds. The lowest BCUT2D eigenvalue weighted by Gasteiger charge is -2.16. The summed E-state index contributed by atoms with van der Waals surface area (Å²) in [7, 11) is 0. The Labute approximate surface area is 186 Å². The molecule has 0 aliphatic rings. The van der Waals surface area contributed by atoms with Crippen LogP contribution in [0.3, 0.4) is 0 Å². The van der Waals surface area contributed by atoms with E-state index in [-0.39, 0.29) is 0 Å². The van der Waals surface area contributed by atoms with E-state index >= 15 is 0 Å². The maximum absolute atomic E-state index is 4.97. The molecule has 0 aliphatic carbocycles. The third-order valence-electron chi connectivity index (χ3n) is 5.43. The summed E-state index contributed by atoms with van der Waals surface area (Å²) in [5.74, 6) is 1.87. The summed E-state index contributed by atoms with van der Waals surface area (Å²) in [5, 5.41) is 0. The highest BCUT2D eigenvalue weighted by molar-refractivity contribution is 7.98. The van der Waals surface area contributed by atoms with Crippen LogP contribution in [0.4, 0.5) is 5.69 Å². The highest BCUT2D eigenvalue weighted by Crippen LogP contribution is 2.34. The maximum atomic E-state index is 4.97. The summed E-state index contributed by atoms with van der Waals surface area (Å²) >= 11 is 1.92. The minimum absolute atomic E-state index is 0.455. The van der Waals surface area contributed by atoms with Crippen molar-refractivity contribution in [3.63, 3.8) is 0 Å². The molecule has 0 aromatic heterocycles. The predicted octanol–water partition coefficient (Wildman–Crippen LogP) is 8.59. The van der Waals surface area contributed by atoms with E-state index in [9.17, 15) is 0 Å². The minimum atomic E-state index is 0.455. The Hall–Kier alpha value is -2.32. The van der Waals surface area contributed by atoms with E-state index in [1.54, 1.807) is 0 Å². The lowest BCUT2D eigenvalue weighted by atomic mass is 9.93. The summed E-state index contributed by atoms with van der Waals surface area (Å²) in [6, 6.07) is 21.8. The van der Waals surface area contributed by atoms with Gasteiger partial charge in [-0.2, -0.15) is 0 Å². The van der Waals surface area contributed by atoms with Crippen LogP contribution in [0.25, 0.3) is 0 Å². The van der Waals surface area contributed by atoms with Crippen molar-refractivity contribution >= 4 is 23.7 Å². The van der Waals surface area contributed by atoms with Crippen molar-refractivity contribution in [3.8, 4) is 0 Å². The monoisotopic (exact) mass is 415 g/mol. The molecular formula is C28H33NS. The molecule has 0 saturated heterocycles. The first-order valence-corrected chi connectivity index (χ1v) is 11.8. The molecule has 156 valence electrons. The summed E-state index contributed by atoms with van der Waals surface area (Å²) in [6.07, 6.45) is 2.03. The third-order valence-corrected chi connectivity index (χ3v) is 6.84. The van der Waals surface area contributed by atoms with Gasteiger partial charge in [0.2, 0.25) is 0 Å². The van der Waals surface area contributed by atoms with Gasteiger partial charge in [0.05, 0.1) is 5.69 Å². The molecule has 0 saturated carbocycles. The van der Waals surface area contributed by atoms with E-state index in [1.165, 1.54) is 32.7 Å². The van der Waals surface area contributed by atoms with E-state index in [4.69, 9.17) is 4.99 Å². The van der Waals surface area contributed by atoms with Crippen molar-refractivity contribution in [2.24, 2.45) is 4.99 Å². The number of thioether (sulfide) groups is 1. The zero-order chi connectivity index (χ0) is 21.7. The van der Waals surface area contributed by atoms with Crippen LogP contribution in [-0.2, 0) is 5.75 Å². The molecule has 0 radical (unpaired) electrons. The number of hydrogen-bond donors (Lipinski definition) is 0. The average molecular weight is 416 g/mol. The first kappa shape index (κ1) is 22.4. The number of aryl methyl sites for hydroxylation is 2. The van der Waals surface area contributed by atoms with Crippen molar-refractivity contribution in [3.05, 3.63) is 94.0 Å². The molecule has 0 bridgehead atoms. The molecule has 3 aromatic carbocycles. The van der Waals surface area contributed by atoms with Gasteiger partial charge in [-0.3, -0.25) is 4.99 Å². The van der Waals surface area contributed by atoms with Gasteiger partial charge in [-0.05, 0) is 65.1 Å². The van der Waals surface area contributed by atoms with Gasteiger partial charge in [-0.15, -0.1) is 11.8 Å². The van der Waals surface area contributed by atoms with Gasteiger partial charge in [-0.25, -0.2) is 0 Å². The van der Waals surface area contributed by atoms with E-state index in [0.717, 1.165) is 17.0 Å². The molecule has 2 heteroatoms. The second-order valence-electron chi connectivity index (χ2n) is 8.61. The van der Waals surface area contributed by atoms with Crippen LogP contribution in [0.1, 0.15) is 72.9 Å². The average Bonchev–Trinajstić information content (AvgIpc) is 2.71. The fraction of sp³-hybridized carbons (Fsp3) is 0.321. The largest absolute Gasteiger partial charge is 0.256 e. The zero-order valence-electron chi connectivity index (χ0n) is 19.1. The minimum Gasteiger partial charge on any atom is -0.256 e. The van der Waals surface area contributed by atoms with Gasteiger partial charge in [0.1, 0.15) is 0 Å². The fourth-order valence-electron chi connectivity index (χ4n) is 3.75. The molecule has 1 nitrogen and oxygen atoms in total. The first-order chi connectivity index (χ1) is 14.4. The van der Waals surface area contributed by atoms with Crippen molar-refractivity contribution in [1.29, 1.82) is 0 Å².